The zero-order valence-electron chi connectivity index (χ0n) is 12.2. The summed E-state index contributed by atoms with van der Waals surface area (Å²) in [7, 11) is 0. The van der Waals surface area contributed by atoms with Crippen molar-refractivity contribution in [2.75, 3.05) is 6.54 Å². The Morgan fingerprint density at radius 1 is 1.18 bits per heavy atom. The van der Waals surface area contributed by atoms with E-state index >= 15 is 0 Å². The highest BCUT2D eigenvalue weighted by molar-refractivity contribution is 7.17. The van der Waals surface area contributed by atoms with Crippen molar-refractivity contribution in [1.82, 2.24) is 10.3 Å². The van der Waals surface area contributed by atoms with E-state index in [1.807, 2.05) is 10.9 Å². The van der Waals surface area contributed by atoms with Crippen molar-refractivity contribution in [3.8, 4) is 0 Å². The predicted molar refractivity (Wildman–Crippen MR) is 93.6 cm³/mol. The van der Waals surface area contributed by atoms with E-state index in [1.54, 1.807) is 22.7 Å². The minimum Gasteiger partial charge on any atom is -0.356 e. The van der Waals surface area contributed by atoms with Crippen LogP contribution in [0.3, 0.4) is 0 Å². The third kappa shape index (κ3) is 3.93. The summed E-state index contributed by atoms with van der Waals surface area (Å²) in [4.78, 5) is 16.0. The van der Waals surface area contributed by atoms with E-state index in [0.29, 0.717) is 13.0 Å². The molecule has 0 aliphatic carbocycles. The van der Waals surface area contributed by atoms with Gasteiger partial charge in [0.1, 0.15) is 0 Å². The zero-order valence-corrected chi connectivity index (χ0v) is 13.9. The van der Waals surface area contributed by atoms with E-state index in [1.165, 1.54) is 15.6 Å². The van der Waals surface area contributed by atoms with Crippen molar-refractivity contribution in [2.24, 2.45) is 0 Å². The maximum atomic E-state index is 11.8. The highest BCUT2D eigenvalue weighted by Crippen LogP contribution is 2.26. The average Bonchev–Trinajstić information content (AvgIpc) is 3.17. The van der Waals surface area contributed by atoms with Crippen LogP contribution >= 0.6 is 22.7 Å². The number of aromatic nitrogens is 1. The van der Waals surface area contributed by atoms with Crippen molar-refractivity contribution >= 4 is 38.7 Å². The van der Waals surface area contributed by atoms with Gasteiger partial charge < -0.3 is 5.32 Å². The molecule has 5 heteroatoms. The van der Waals surface area contributed by atoms with E-state index in [-0.39, 0.29) is 5.91 Å². The first-order valence-electron chi connectivity index (χ1n) is 7.42. The predicted octanol–water partition coefficient (Wildman–Crippen LogP) is 4.04. The molecule has 0 saturated heterocycles. The number of hydrogen-bond donors (Lipinski definition) is 1. The lowest BCUT2D eigenvalue weighted by Crippen LogP contribution is -2.25. The van der Waals surface area contributed by atoms with E-state index in [2.05, 4.69) is 39.9 Å². The number of rotatable bonds is 7. The van der Waals surface area contributed by atoms with Gasteiger partial charge in [-0.15, -0.1) is 22.7 Å². The molecule has 0 aliphatic heterocycles. The van der Waals surface area contributed by atoms with Gasteiger partial charge in [-0.3, -0.25) is 4.79 Å². The molecule has 1 N–H and O–H groups in total. The van der Waals surface area contributed by atoms with Crippen molar-refractivity contribution < 1.29 is 4.79 Å². The van der Waals surface area contributed by atoms with Gasteiger partial charge >= 0.3 is 0 Å². The summed E-state index contributed by atoms with van der Waals surface area (Å²) in [6, 6.07) is 8.45. The summed E-state index contributed by atoms with van der Waals surface area (Å²) < 4.78 is 1.32. The van der Waals surface area contributed by atoms with Gasteiger partial charge in [-0.1, -0.05) is 18.2 Å². The molecule has 0 unspecified atom stereocenters. The second-order valence-corrected chi connectivity index (χ2v) is 6.82. The van der Waals surface area contributed by atoms with Crippen molar-refractivity contribution in [3.05, 3.63) is 51.8 Å². The summed E-state index contributed by atoms with van der Waals surface area (Å²) in [6.45, 7) is 0.671. The first-order valence-corrected chi connectivity index (χ1v) is 9.24. The number of nitrogens with zero attached hydrogens (tertiary/aromatic N) is 1. The van der Waals surface area contributed by atoms with Crippen molar-refractivity contribution in [3.63, 3.8) is 0 Å². The molecule has 3 aromatic rings. The van der Waals surface area contributed by atoms with Gasteiger partial charge in [-0.05, 0) is 35.2 Å². The van der Waals surface area contributed by atoms with Crippen LogP contribution in [0.25, 0.3) is 10.1 Å². The number of fused-ring (bicyclic) bond motifs is 1. The molecule has 0 fully saturated rings. The van der Waals surface area contributed by atoms with Gasteiger partial charge in [0.2, 0.25) is 5.91 Å². The fourth-order valence-corrected chi connectivity index (χ4v) is 4.04. The second-order valence-electron chi connectivity index (χ2n) is 5.19. The first kappa shape index (κ1) is 15.2. The Morgan fingerprint density at radius 2 is 2.09 bits per heavy atom. The van der Waals surface area contributed by atoms with Gasteiger partial charge in [0.15, 0.2) is 0 Å². The van der Waals surface area contributed by atoms with Crippen molar-refractivity contribution in [1.29, 1.82) is 0 Å². The molecule has 0 atom stereocenters. The van der Waals surface area contributed by atoms with Crippen LogP contribution in [-0.4, -0.2) is 17.4 Å². The Kier molecular flexibility index (Phi) is 5.19. The van der Waals surface area contributed by atoms with Gasteiger partial charge in [0.25, 0.3) is 0 Å². The van der Waals surface area contributed by atoms with Crippen molar-refractivity contribution in [2.45, 2.75) is 25.7 Å². The Labute approximate surface area is 138 Å². The van der Waals surface area contributed by atoms with Gasteiger partial charge in [0.05, 0.1) is 11.2 Å². The van der Waals surface area contributed by atoms with Gasteiger partial charge in [-0.25, -0.2) is 4.98 Å². The standard InChI is InChI=1S/C17H18N2OS2/c20-17(18-9-8-14-11-21-12-19-14)7-3-4-13-10-22-16-6-2-1-5-15(13)16/h1-2,5-6,10-12H,3-4,7-9H2,(H,18,20). The number of thiophene rings is 1. The van der Waals surface area contributed by atoms with Crippen LogP contribution in [0.1, 0.15) is 24.1 Å². The number of benzene rings is 1. The molecule has 0 bridgehead atoms. The van der Waals surface area contributed by atoms with Gasteiger partial charge in [0, 0.05) is 29.5 Å². The summed E-state index contributed by atoms with van der Waals surface area (Å²) in [5.41, 5.74) is 4.23. The van der Waals surface area contributed by atoms with E-state index in [9.17, 15) is 4.79 Å². The molecule has 0 saturated carbocycles. The second kappa shape index (κ2) is 7.51. The fourth-order valence-electron chi connectivity index (χ4n) is 2.45. The minimum absolute atomic E-state index is 0.134. The topological polar surface area (TPSA) is 42.0 Å². The van der Waals surface area contributed by atoms with E-state index in [0.717, 1.165) is 25.0 Å². The Morgan fingerprint density at radius 3 is 2.95 bits per heavy atom. The smallest absolute Gasteiger partial charge is 0.220 e. The lowest BCUT2D eigenvalue weighted by molar-refractivity contribution is -0.121. The SMILES string of the molecule is O=C(CCCc1csc2ccccc12)NCCc1cscn1. The maximum Gasteiger partial charge on any atom is 0.220 e. The lowest BCUT2D eigenvalue weighted by atomic mass is 10.1. The number of amides is 1. The lowest BCUT2D eigenvalue weighted by Gasteiger charge is -2.04. The number of carbonyl (C=O) groups excluding carboxylic acids is 1. The molecule has 1 amide bonds. The molecule has 22 heavy (non-hydrogen) atoms. The summed E-state index contributed by atoms with van der Waals surface area (Å²) in [6.07, 6.45) is 3.25. The van der Waals surface area contributed by atoms with E-state index in [4.69, 9.17) is 0 Å². The summed E-state index contributed by atoms with van der Waals surface area (Å²) >= 11 is 3.37. The number of nitrogens with one attached hydrogen (secondary N) is 1. The number of thiazole rings is 1. The monoisotopic (exact) mass is 330 g/mol. The highest BCUT2D eigenvalue weighted by atomic mass is 32.1. The van der Waals surface area contributed by atoms with Crippen LogP contribution in [0.4, 0.5) is 0 Å². The maximum absolute atomic E-state index is 11.8. The normalized spacial score (nSPS) is 10.9. The van der Waals surface area contributed by atoms with Crippen LogP contribution in [0.2, 0.25) is 0 Å². The molecule has 0 aliphatic rings. The number of aryl methyl sites for hydroxylation is 1. The summed E-state index contributed by atoms with van der Waals surface area (Å²) in [5, 5.41) is 8.53. The molecule has 3 nitrogen and oxygen atoms in total. The average molecular weight is 330 g/mol. The molecule has 114 valence electrons. The minimum atomic E-state index is 0.134. The van der Waals surface area contributed by atoms with Gasteiger partial charge in [-0.2, -0.15) is 0 Å². The summed E-state index contributed by atoms with van der Waals surface area (Å²) in [5.74, 6) is 0.134. The van der Waals surface area contributed by atoms with Crippen LogP contribution in [0.5, 0.6) is 0 Å². The molecule has 3 rings (SSSR count). The van der Waals surface area contributed by atoms with Crippen LogP contribution in [0, 0.1) is 0 Å². The molecule has 0 radical (unpaired) electrons. The molecule has 2 heterocycles. The Hall–Kier alpha value is -1.72. The molecule has 2 aromatic heterocycles. The Bertz CT molecular complexity index is 734. The third-order valence-electron chi connectivity index (χ3n) is 3.60. The molecule has 0 spiro atoms. The first-order chi connectivity index (χ1) is 10.8. The zero-order chi connectivity index (χ0) is 15.2. The van der Waals surface area contributed by atoms with Crippen LogP contribution < -0.4 is 5.32 Å². The fraction of sp³-hybridized carbons (Fsp3) is 0.294. The molecular formula is C17H18N2OS2. The molecule has 1 aromatic carbocycles. The largest absolute Gasteiger partial charge is 0.356 e. The van der Waals surface area contributed by atoms with Crippen LogP contribution in [-0.2, 0) is 17.6 Å². The third-order valence-corrected chi connectivity index (χ3v) is 5.25. The Balaban J connectivity index is 1.40. The molecular weight excluding hydrogens is 312 g/mol. The highest BCUT2D eigenvalue weighted by Gasteiger charge is 2.05. The number of hydrogen-bond acceptors (Lipinski definition) is 4. The quantitative estimate of drug-likeness (QED) is 0.710. The number of carbonyl (C=O) groups is 1. The van der Waals surface area contributed by atoms with Crippen LogP contribution in [0.15, 0.2) is 40.5 Å². The van der Waals surface area contributed by atoms with E-state index < -0.39 is 0 Å².